The van der Waals surface area contributed by atoms with Crippen molar-refractivity contribution in [3.8, 4) is 0 Å². The minimum absolute atomic E-state index is 0.0281. The van der Waals surface area contributed by atoms with Crippen LogP contribution in [0, 0.1) is 0 Å². The van der Waals surface area contributed by atoms with E-state index in [1.807, 2.05) is 38.8 Å². The van der Waals surface area contributed by atoms with E-state index in [1.54, 1.807) is 23.7 Å². The summed E-state index contributed by atoms with van der Waals surface area (Å²) < 4.78 is 31.7. The third-order valence-corrected chi connectivity index (χ3v) is 5.92. The molecule has 1 N–H and O–H groups in total. The minimum Gasteiger partial charge on any atom is -0.475 e. The number of carboxylic acids is 1. The molecule has 11 heteroatoms. The zero-order valence-corrected chi connectivity index (χ0v) is 17.1. The van der Waals surface area contributed by atoms with E-state index in [4.69, 9.17) is 9.90 Å². The van der Waals surface area contributed by atoms with Crippen LogP contribution in [0.1, 0.15) is 24.0 Å². The lowest BCUT2D eigenvalue weighted by Crippen LogP contribution is -2.40. The van der Waals surface area contributed by atoms with Crippen molar-refractivity contribution >= 4 is 29.1 Å². The summed E-state index contributed by atoms with van der Waals surface area (Å²) in [4.78, 5) is 41.9. The van der Waals surface area contributed by atoms with Gasteiger partial charge in [-0.25, -0.2) is 4.79 Å². The van der Waals surface area contributed by atoms with Crippen LogP contribution < -0.4 is 0 Å². The molecule has 0 aliphatic carbocycles. The van der Waals surface area contributed by atoms with E-state index in [1.165, 1.54) is 0 Å². The van der Waals surface area contributed by atoms with E-state index in [2.05, 4.69) is 4.98 Å². The van der Waals surface area contributed by atoms with Crippen LogP contribution in [0.3, 0.4) is 0 Å². The molecular weight excluding hydrogens is 435 g/mol. The summed E-state index contributed by atoms with van der Waals surface area (Å²) >= 11 is 1.61. The van der Waals surface area contributed by atoms with Crippen LogP contribution in [-0.4, -0.2) is 62.5 Å². The fourth-order valence-corrected chi connectivity index (χ4v) is 4.47. The average Bonchev–Trinajstić information content (AvgIpc) is 3.42. The van der Waals surface area contributed by atoms with Gasteiger partial charge in [-0.15, -0.1) is 0 Å². The highest BCUT2D eigenvalue weighted by Crippen LogP contribution is 2.34. The summed E-state index contributed by atoms with van der Waals surface area (Å²) in [6.07, 6.45) is 0.198. The molecule has 2 amide bonds. The number of aromatic nitrogens is 1. The lowest BCUT2D eigenvalue weighted by Gasteiger charge is -2.25. The Kier molecular flexibility index (Phi) is 6.94. The number of alkyl halides is 3. The standard InChI is InChI=1S/C18H19N3O2S.C2HF3O2/c22-17(8-13-4-7-24-12-13)20-6-3-15-16(20)9-18(23)21(15)11-14-2-1-5-19-10-14;3-2(4,5)1(6)7/h1-2,4-5,7,10,12,15-16H,3,6,8-9,11H2;(H,6,7)/t15-,16+;/m1./s1. The molecule has 2 aromatic rings. The third kappa shape index (κ3) is 5.60. The molecule has 0 saturated carbocycles. The Hall–Kier alpha value is -2.95. The molecule has 4 rings (SSSR count). The number of pyridine rings is 1. The lowest BCUT2D eigenvalue weighted by atomic mass is 10.1. The molecule has 0 aromatic carbocycles. The number of hydrogen-bond donors (Lipinski definition) is 1. The van der Waals surface area contributed by atoms with Gasteiger partial charge in [0.25, 0.3) is 0 Å². The molecule has 31 heavy (non-hydrogen) atoms. The van der Waals surface area contributed by atoms with Crippen LogP contribution in [-0.2, 0) is 27.3 Å². The second-order valence-electron chi connectivity index (χ2n) is 7.21. The molecule has 2 aromatic heterocycles. The van der Waals surface area contributed by atoms with Gasteiger partial charge in [0.15, 0.2) is 0 Å². The van der Waals surface area contributed by atoms with Crippen molar-refractivity contribution in [1.29, 1.82) is 0 Å². The van der Waals surface area contributed by atoms with Gasteiger partial charge >= 0.3 is 12.1 Å². The Morgan fingerprint density at radius 1 is 1.23 bits per heavy atom. The van der Waals surface area contributed by atoms with E-state index in [0.717, 1.165) is 24.1 Å². The Morgan fingerprint density at radius 2 is 1.97 bits per heavy atom. The Bertz CT molecular complexity index is 922. The molecule has 0 bridgehead atoms. The molecule has 166 valence electrons. The van der Waals surface area contributed by atoms with E-state index >= 15 is 0 Å². The van der Waals surface area contributed by atoms with Crippen LogP contribution in [0.4, 0.5) is 13.2 Å². The molecular formula is C20H20F3N3O4S. The van der Waals surface area contributed by atoms with Gasteiger partial charge < -0.3 is 14.9 Å². The smallest absolute Gasteiger partial charge is 0.475 e. The highest BCUT2D eigenvalue weighted by Gasteiger charge is 2.48. The number of amides is 2. The maximum absolute atomic E-state index is 12.6. The number of carbonyl (C=O) groups is 3. The average molecular weight is 455 g/mol. The van der Waals surface area contributed by atoms with Crippen molar-refractivity contribution in [2.75, 3.05) is 6.54 Å². The van der Waals surface area contributed by atoms with Crippen LogP contribution in [0.25, 0.3) is 0 Å². The number of carbonyl (C=O) groups excluding carboxylic acids is 2. The lowest BCUT2D eigenvalue weighted by molar-refractivity contribution is -0.192. The van der Waals surface area contributed by atoms with Gasteiger partial charge in [-0.05, 0) is 40.4 Å². The maximum atomic E-state index is 12.6. The molecule has 2 aliphatic rings. The molecule has 0 unspecified atom stereocenters. The molecule has 4 heterocycles. The van der Waals surface area contributed by atoms with Gasteiger partial charge in [-0.1, -0.05) is 6.07 Å². The van der Waals surface area contributed by atoms with Crippen LogP contribution in [0.5, 0.6) is 0 Å². The van der Waals surface area contributed by atoms with E-state index < -0.39 is 12.1 Å². The van der Waals surface area contributed by atoms with Gasteiger partial charge in [0.1, 0.15) is 0 Å². The zero-order valence-electron chi connectivity index (χ0n) is 16.3. The van der Waals surface area contributed by atoms with Crippen LogP contribution in [0.2, 0.25) is 0 Å². The predicted octanol–water partition coefficient (Wildman–Crippen LogP) is 2.72. The van der Waals surface area contributed by atoms with Crippen LogP contribution >= 0.6 is 11.3 Å². The van der Waals surface area contributed by atoms with Gasteiger partial charge in [0.2, 0.25) is 11.8 Å². The molecule has 0 spiro atoms. The summed E-state index contributed by atoms with van der Waals surface area (Å²) in [5.41, 5.74) is 2.10. The summed E-state index contributed by atoms with van der Waals surface area (Å²) in [5.74, 6) is -2.48. The second-order valence-corrected chi connectivity index (χ2v) is 7.99. The molecule has 2 aliphatic heterocycles. The van der Waals surface area contributed by atoms with Gasteiger partial charge in [0, 0.05) is 31.9 Å². The quantitative estimate of drug-likeness (QED) is 0.766. The number of halogens is 3. The first-order chi connectivity index (χ1) is 14.7. The van der Waals surface area contributed by atoms with E-state index in [9.17, 15) is 22.8 Å². The topological polar surface area (TPSA) is 90.8 Å². The molecule has 2 saturated heterocycles. The first kappa shape index (κ1) is 22.7. The molecule has 0 radical (unpaired) electrons. The summed E-state index contributed by atoms with van der Waals surface area (Å²) in [6.45, 7) is 1.33. The number of hydrogen-bond acceptors (Lipinski definition) is 5. The van der Waals surface area contributed by atoms with Crippen molar-refractivity contribution in [3.05, 3.63) is 52.5 Å². The summed E-state index contributed by atoms with van der Waals surface area (Å²) in [5, 5.41) is 11.1. The van der Waals surface area contributed by atoms with Crippen molar-refractivity contribution < 1.29 is 32.7 Å². The second kappa shape index (κ2) is 9.46. The largest absolute Gasteiger partial charge is 0.490 e. The fraction of sp³-hybridized carbons (Fsp3) is 0.400. The fourth-order valence-electron chi connectivity index (χ4n) is 3.80. The number of aliphatic carboxylic acids is 1. The van der Waals surface area contributed by atoms with Gasteiger partial charge in [-0.2, -0.15) is 24.5 Å². The highest BCUT2D eigenvalue weighted by molar-refractivity contribution is 7.08. The summed E-state index contributed by atoms with van der Waals surface area (Å²) in [7, 11) is 0. The minimum atomic E-state index is -5.08. The van der Waals surface area contributed by atoms with Crippen molar-refractivity contribution in [2.45, 2.75) is 44.1 Å². The van der Waals surface area contributed by atoms with Crippen LogP contribution in [0.15, 0.2) is 41.4 Å². The SMILES string of the molecule is O=C(O)C(F)(F)F.O=C1C[C@H]2[C@@H](CCN2C(=O)Cc2ccsc2)N1Cc1cccnc1. The monoisotopic (exact) mass is 455 g/mol. The number of thiophene rings is 1. The van der Waals surface area contributed by atoms with Gasteiger partial charge in [0.05, 0.1) is 18.5 Å². The van der Waals surface area contributed by atoms with Crippen molar-refractivity contribution in [3.63, 3.8) is 0 Å². The number of nitrogens with zero attached hydrogens (tertiary/aromatic N) is 3. The molecule has 7 nitrogen and oxygen atoms in total. The van der Waals surface area contributed by atoms with E-state index in [-0.39, 0.29) is 23.9 Å². The Labute approximate surface area is 180 Å². The van der Waals surface area contributed by atoms with E-state index in [0.29, 0.717) is 19.4 Å². The number of likely N-dealkylation sites (tertiary alicyclic amines) is 2. The number of rotatable bonds is 4. The Balaban J connectivity index is 0.000000339. The predicted molar refractivity (Wildman–Crippen MR) is 105 cm³/mol. The first-order valence-electron chi connectivity index (χ1n) is 9.46. The third-order valence-electron chi connectivity index (χ3n) is 5.19. The molecule has 2 atom stereocenters. The van der Waals surface area contributed by atoms with Gasteiger partial charge in [-0.3, -0.25) is 14.6 Å². The maximum Gasteiger partial charge on any atom is 0.490 e. The van der Waals surface area contributed by atoms with Crippen molar-refractivity contribution in [1.82, 2.24) is 14.8 Å². The summed E-state index contributed by atoms with van der Waals surface area (Å²) in [6, 6.07) is 6.04. The molecule has 2 fully saturated rings. The number of fused-ring (bicyclic) bond motifs is 1. The first-order valence-corrected chi connectivity index (χ1v) is 10.4. The highest BCUT2D eigenvalue weighted by atomic mass is 32.1. The number of carboxylic acid groups (broad SMARTS) is 1. The Morgan fingerprint density at radius 3 is 2.55 bits per heavy atom. The zero-order chi connectivity index (χ0) is 22.6. The van der Waals surface area contributed by atoms with Crippen molar-refractivity contribution in [2.24, 2.45) is 0 Å². The normalized spacial score (nSPS) is 20.3.